The van der Waals surface area contributed by atoms with Gasteiger partial charge in [-0.1, -0.05) is 0 Å². The summed E-state index contributed by atoms with van der Waals surface area (Å²) in [5.74, 6) is 0. The van der Waals surface area contributed by atoms with Gasteiger partial charge < -0.3 is 4.74 Å². The van der Waals surface area contributed by atoms with Gasteiger partial charge in [-0.05, 0) is 39.5 Å². The molecule has 1 aliphatic heterocycles. The Hall–Kier alpha value is -0.0800. The van der Waals surface area contributed by atoms with E-state index in [9.17, 15) is 0 Å². The molecule has 0 amide bonds. The number of hydrogen-bond donors (Lipinski definition) is 1. The molecule has 0 aromatic carbocycles. The number of ether oxygens (including phenoxy) is 1. The SMILES string of the molecule is CC1(C)COC2(CCCC2)N1. The third-order valence-corrected chi connectivity index (χ3v) is 2.69. The number of rotatable bonds is 0. The monoisotopic (exact) mass is 155 g/mol. The van der Waals surface area contributed by atoms with Gasteiger partial charge in [0.05, 0.1) is 6.61 Å². The highest BCUT2D eigenvalue weighted by atomic mass is 16.5. The molecular weight excluding hydrogens is 138 g/mol. The molecule has 2 rings (SSSR count). The Morgan fingerprint density at radius 1 is 1.18 bits per heavy atom. The molecule has 2 aliphatic rings. The molecule has 0 aromatic rings. The summed E-state index contributed by atoms with van der Waals surface area (Å²) in [5.41, 5.74) is 0.272. The minimum atomic E-state index is 0.0729. The van der Waals surface area contributed by atoms with Crippen LogP contribution in [0.1, 0.15) is 39.5 Å². The van der Waals surface area contributed by atoms with Crippen molar-refractivity contribution >= 4 is 0 Å². The zero-order valence-corrected chi connectivity index (χ0v) is 7.44. The van der Waals surface area contributed by atoms with Gasteiger partial charge in [0.15, 0.2) is 0 Å². The van der Waals surface area contributed by atoms with Crippen LogP contribution in [0.3, 0.4) is 0 Å². The zero-order valence-electron chi connectivity index (χ0n) is 7.44. The summed E-state index contributed by atoms with van der Waals surface area (Å²) >= 11 is 0. The van der Waals surface area contributed by atoms with Crippen molar-refractivity contribution in [2.45, 2.75) is 50.8 Å². The Labute approximate surface area is 68.3 Å². The van der Waals surface area contributed by atoms with Crippen molar-refractivity contribution in [1.29, 1.82) is 0 Å². The maximum Gasteiger partial charge on any atom is 0.119 e. The summed E-state index contributed by atoms with van der Waals surface area (Å²) < 4.78 is 5.81. The lowest BCUT2D eigenvalue weighted by Crippen LogP contribution is -2.46. The lowest BCUT2D eigenvalue weighted by molar-refractivity contribution is -0.00371. The second-order valence-electron chi connectivity index (χ2n) is 4.50. The van der Waals surface area contributed by atoms with Crippen molar-refractivity contribution in [1.82, 2.24) is 5.32 Å². The quantitative estimate of drug-likeness (QED) is 0.574. The van der Waals surface area contributed by atoms with Crippen molar-refractivity contribution in [2.24, 2.45) is 0 Å². The van der Waals surface area contributed by atoms with Crippen LogP contribution >= 0.6 is 0 Å². The molecule has 1 N–H and O–H groups in total. The topological polar surface area (TPSA) is 21.3 Å². The summed E-state index contributed by atoms with van der Waals surface area (Å²) in [6.45, 7) is 5.28. The van der Waals surface area contributed by atoms with E-state index in [1.807, 2.05) is 0 Å². The smallest absolute Gasteiger partial charge is 0.119 e. The average molecular weight is 155 g/mol. The van der Waals surface area contributed by atoms with E-state index in [2.05, 4.69) is 19.2 Å². The third kappa shape index (κ3) is 1.30. The summed E-state index contributed by atoms with van der Waals surface area (Å²) in [6.07, 6.45) is 5.05. The molecular formula is C9H17NO. The molecule has 11 heavy (non-hydrogen) atoms. The van der Waals surface area contributed by atoms with Crippen molar-refractivity contribution in [3.63, 3.8) is 0 Å². The van der Waals surface area contributed by atoms with Gasteiger partial charge in [0.2, 0.25) is 0 Å². The lowest BCUT2D eigenvalue weighted by atomic mass is 10.1. The van der Waals surface area contributed by atoms with E-state index in [0.717, 1.165) is 6.61 Å². The van der Waals surface area contributed by atoms with Crippen LogP contribution < -0.4 is 5.32 Å². The van der Waals surface area contributed by atoms with Crippen LogP contribution in [-0.4, -0.2) is 17.9 Å². The lowest BCUT2D eigenvalue weighted by Gasteiger charge is -2.25. The van der Waals surface area contributed by atoms with Gasteiger partial charge in [0.25, 0.3) is 0 Å². The van der Waals surface area contributed by atoms with Gasteiger partial charge in [0, 0.05) is 5.54 Å². The highest BCUT2D eigenvalue weighted by Crippen LogP contribution is 2.36. The summed E-state index contributed by atoms with van der Waals surface area (Å²) in [7, 11) is 0. The van der Waals surface area contributed by atoms with Gasteiger partial charge in [-0.15, -0.1) is 0 Å². The van der Waals surface area contributed by atoms with Crippen LogP contribution in [0, 0.1) is 0 Å². The number of nitrogens with one attached hydrogen (secondary N) is 1. The predicted molar refractivity (Wildman–Crippen MR) is 44.4 cm³/mol. The highest BCUT2D eigenvalue weighted by molar-refractivity contribution is 4.97. The van der Waals surface area contributed by atoms with Crippen molar-refractivity contribution < 1.29 is 4.74 Å². The van der Waals surface area contributed by atoms with Crippen molar-refractivity contribution in [3.8, 4) is 0 Å². The zero-order chi connectivity index (χ0) is 7.95. The molecule has 1 saturated carbocycles. The molecule has 1 spiro atoms. The summed E-state index contributed by atoms with van der Waals surface area (Å²) in [4.78, 5) is 0. The molecule has 2 fully saturated rings. The molecule has 64 valence electrons. The normalized spacial score (nSPS) is 33.3. The fourth-order valence-corrected chi connectivity index (χ4v) is 2.22. The van der Waals surface area contributed by atoms with Crippen LogP contribution in [0.2, 0.25) is 0 Å². The Kier molecular flexibility index (Phi) is 1.52. The molecule has 0 unspecified atom stereocenters. The van der Waals surface area contributed by atoms with Gasteiger partial charge in [-0.25, -0.2) is 0 Å². The Morgan fingerprint density at radius 3 is 2.27 bits per heavy atom. The largest absolute Gasteiger partial charge is 0.359 e. The summed E-state index contributed by atoms with van der Waals surface area (Å²) in [6, 6.07) is 0. The Balaban J connectivity index is 2.07. The average Bonchev–Trinajstić information content (AvgIpc) is 2.43. The van der Waals surface area contributed by atoms with E-state index in [1.54, 1.807) is 0 Å². The van der Waals surface area contributed by atoms with Gasteiger partial charge >= 0.3 is 0 Å². The molecule has 2 heteroatoms. The second kappa shape index (κ2) is 2.20. The molecule has 1 heterocycles. The van der Waals surface area contributed by atoms with E-state index < -0.39 is 0 Å². The Morgan fingerprint density at radius 2 is 1.82 bits per heavy atom. The van der Waals surface area contributed by atoms with Gasteiger partial charge in [-0.2, -0.15) is 0 Å². The molecule has 1 aliphatic carbocycles. The van der Waals surface area contributed by atoms with Gasteiger partial charge in [0.1, 0.15) is 5.72 Å². The van der Waals surface area contributed by atoms with Crippen molar-refractivity contribution in [3.05, 3.63) is 0 Å². The first-order valence-electron chi connectivity index (χ1n) is 4.55. The summed E-state index contributed by atoms with van der Waals surface area (Å²) in [5, 5.41) is 3.58. The van der Waals surface area contributed by atoms with E-state index in [4.69, 9.17) is 4.74 Å². The van der Waals surface area contributed by atoms with Crippen LogP contribution in [-0.2, 0) is 4.74 Å². The minimum absolute atomic E-state index is 0.0729. The molecule has 0 radical (unpaired) electrons. The molecule has 0 bridgehead atoms. The van der Waals surface area contributed by atoms with Crippen LogP contribution in [0.15, 0.2) is 0 Å². The first kappa shape index (κ1) is 7.56. The van der Waals surface area contributed by atoms with E-state index >= 15 is 0 Å². The Bertz CT molecular complexity index is 159. The maximum atomic E-state index is 5.81. The predicted octanol–water partition coefficient (Wildman–Crippen LogP) is 1.66. The first-order valence-corrected chi connectivity index (χ1v) is 4.55. The maximum absolute atomic E-state index is 5.81. The minimum Gasteiger partial charge on any atom is -0.359 e. The van der Waals surface area contributed by atoms with Crippen LogP contribution in [0.4, 0.5) is 0 Å². The van der Waals surface area contributed by atoms with E-state index in [0.29, 0.717) is 0 Å². The second-order valence-corrected chi connectivity index (χ2v) is 4.50. The molecule has 1 saturated heterocycles. The number of hydrogen-bond acceptors (Lipinski definition) is 2. The highest BCUT2D eigenvalue weighted by Gasteiger charge is 2.45. The standard InChI is InChI=1S/C9H17NO/c1-8(2)7-11-9(10-8)5-3-4-6-9/h10H,3-7H2,1-2H3. The van der Waals surface area contributed by atoms with Crippen molar-refractivity contribution in [2.75, 3.05) is 6.61 Å². The van der Waals surface area contributed by atoms with Crippen LogP contribution in [0.5, 0.6) is 0 Å². The first-order chi connectivity index (χ1) is 5.12. The van der Waals surface area contributed by atoms with Crippen LogP contribution in [0.25, 0.3) is 0 Å². The molecule has 0 aromatic heterocycles. The third-order valence-electron chi connectivity index (χ3n) is 2.69. The van der Waals surface area contributed by atoms with E-state index in [-0.39, 0.29) is 11.3 Å². The van der Waals surface area contributed by atoms with E-state index in [1.165, 1.54) is 25.7 Å². The molecule has 2 nitrogen and oxygen atoms in total. The fraction of sp³-hybridized carbons (Fsp3) is 1.00. The van der Waals surface area contributed by atoms with Gasteiger partial charge in [-0.3, -0.25) is 5.32 Å². The fourth-order valence-electron chi connectivity index (χ4n) is 2.22. The molecule has 0 atom stereocenters.